The lowest BCUT2D eigenvalue weighted by Gasteiger charge is -2.14. The number of carboxylic acid groups (broad SMARTS) is 1. The quantitative estimate of drug-likeness (QED) is 0.735. The van der Waals surface area contributed by atoms with Crippen molar-refractivity contribution in [2.45, 2.75) is 19.3 Å². The zero-order chi connectivity index (χ0) is 16.6. The van der Waals surface area contributed by atoms with Gasteiger partial charge in [0, 0.05) is 11.4 Å². The Morgan fingerprint density at radius 1 is 1.22 bits per heavy atom. The fourth-order valence-corrected chi connectivity index (χ4v) is 3.38. The second kappa shape index (κ2) is 6.43. The highest BCUT2D eigenvalue weighted by molar-refractivity contribution is 6.41. The highest BCUT2D eigenvalue weighted by Crippen LogP contribution is 2.34. The molecule has 0 unspecified atom stereocenters. The van der Waals surface area contributed by atoms with Crippen molar-refractivity contribution in [1.29, 1.82) is 0 Å². The van der Waals surface area contributed by atoms with E-state index < -0.39 is 5.97 Å². The summed E-state index contributed by atoms with van der Waals surface area (Å²) in [5.74, 6) is -0.422. The molecule has 0 spiro atoms. The zero-order valence-corrected chi connectivity index (χ0v) is 14.0. The maximum Gasteiger partial charge on any atom is 0.339 e. The van der Waals surface area contributed by atoms with Crippen molar-refractivity contribution in [3.8, 4) is 0 Å². The summed E-state index contributed by atoms with van der Waals surface area (Å²) in [6.07, 6.45) is 3.38. The van der Waals surface area contributed by atoms with Gasteiger partial charge in [-0.2, -0.15) is 5.10 Å². The van der Waals surface area contributed by atoms with E-state index in [9.17, 15) is 9.90 Å². The number of carbonyl (C=O) groups is 1. The summed E-state index contributed by atoms with van der Waals surface area (Å²) in [6, 6.07) is 3.09. The SMILES string of the molecule is O=C(O)c1coc2c1/C(=N/Nc1c(Cl)cc(Cl)cc1Cl)CCC2. The predicted octanol–water partition coefficient (Wildman–Crippen LogP) is 5.09. The summed E-state index contributed by atoms with van der Waals surface area (Å²) < 4.78 is 5.33. The minimum absolute atomic E-state index is 0.105. The second-order valence-corrected chi connectivity index (χ2v) is 6.27. The lowest BCUT2D eigenvalue weighted by molar-refractivity contribution is 0.0696. The van der Waals surface area contributed by atoms with E-state index in [-0.39, 0.29) is 5.56 Å². The van der Waals surface area contributed by atoms with Gasteiger partial charge >= 0.3 is 5.97 Å². The molecule has 0 aliphatic heterocycles. The fourth-order valence-electron chi connectivity index (χ4n) is 2.48. The van der Waals surface area contributed by atoms with Crippen molar-refractivity contribution in [3.63, 3.8) is 0 Å². The molecule has 120 valence electrons. The lowest BCUT2D eigenvalue weighted by atomic mass is 9.93. The number of anilines is 1. The van der Waals surface area contributed by atoms with E-state index in [1.807, 2.05) is 0 Å². The smallest absolute Gasteiger partial charge is 0.339 e. The molecule has 3 rings (SSSR count). The van der Waals surface area contributed by atoms with Crippen LogP contribution in [0.3, 0.4) is 0 Å². The van der Waals surface area contributed by atoms with Gasteiger partial charge in [0.25, 0.3) is 0 Å². The summed E-state index contributed by atoms with van der Waals surface area (Å²) in [4.78, 5) is 11.3. The zero-order valence-electron chi connectivity index (χ0n) is 11.7. The number of furan rings is 1. The summed E-state index contributed by atoms with van der Waals surface area (Å²) in [7, 11) is 0. The molecule has 5 nitrogen and oxygen atoms in total. The van der Waals surface area contributed by atoms with Crippen LogP contribution in [0, 0.1) is 0 Å². The number of carboxylic acids is 1. The molecule has 1 aliphatic rings. The van der Waals surface area contributed by atoms with Crippen LogP contribution >= 0.6 is 34.8 Å². The number of nitrogens with zero attached hydrogens (tertiary/aromatic N) is 1. The van der Waals surface area contributed by atoms with Crippen molar-refractivity contribution in [2.24, 2.45) is 5.10 Å². The van der Waals surface area contributed by atoms with Gasteiger partial charge in [0.2, 0.25) is 0 Å². The summed E-state index contributed by atoms with van der Waals surface area (Å²) in [6.45, 7) is 0. The van der Waals surface area contributed by atoms with Crippen LogP contribution in [0.2, 0.25) is 15.1 Å². The molecule has 1 aliphatic carbocycles. The van der Waals surface area contributed by atoms with Crippen LogP contribution in [-0.2, 0) is 6.42 Å². The van der Waals surface area contributed by atoms with Gasteiger partial charge in [-0.15, -0.1) is 0 Å². The largest absolute Gasteiger partial charge is 0.478 e. The third-order valence-corrected chi connectivity index (χ3v) is 4.33. The standard InChI is InChI=1S/C15H11Cl3N2O3/c16-7-4-9(17)14(10(18)5-7)20-19-11-2-1-3-12-13(11)8(6-23-12)15(21)22/h4-6,20H,1-3H2,(H,21,22)/b19-11+. The normalized spacial score (nSPS) is 15.5. The van der Waals surface area contributed by atoms with Crippen LogP contribution in [0.15, 0.2) is 27.9 Å². The first kappa shape index (κ1) is 16.2. The van der Waals surface area contributed by atoms with Crippen LogP contribution in [0.1, 0.15) is 34.5 Å². The molecule has 0 atom stereocenters. The van der Waals surface area contributed by atoms with Gasteiger partial charge in [-0.3, -0.25) is 5.43 Å². The molecule has 1 aromatic carbocycles. The number of fused-ring (bicyclic) bond motifs is 1. The van der Waals surface area contributed by atoms with Gasteiger partial charge < -0.3 is 9.52 Å². The number of hydrazone groups is 1. The Hall–Kier alpha value is -1.69. The van der Waals surface area contributed by atoms with Crippen molar-refractivity contribution in [3.05, 3.63) is 50.4 Å². The van der Waals surface area contributed by atoms with Crippen LogP contribution in [-0.4, -0.2) is 16.8 Å². The molecule has 1 aromatic heterocycles. The molecule has 2 aromatic rings. The molecule has 0 saturated carbocycles. The maximum atomic E-state index is 11.3. The van der Waals surface area contributed by atoms with Crippen LogP contribution in [0.4, 0.5) is 5.69 Å². The van der Waals surface area contributed by atoms with Crippen molar-refractivity contribution >= 4 is 52.2 Å². The first-order chi connectivity index (χ1) is 11.0. The van der Waals surface area contributed by atoms with E-state index in [0.717, 1.165) is 6.42 Å². The molecule has 0 fully saturated rings. The van der Waals surface area contributed by atoms with E-state index in [2.05, 4.69) is 10.5 Å². The van der Waals surface area contributed by atoms with E-state index >= 15 is 0 Å². The number of rotatable bonds is 3. The van der Waals surface area contributed by atoms with Crippen LogP contribution in [0.5, 0.6) is 0 Å². The molecule has 0 radical (unpaired) electrons. The Bertz CT molecular complexity index is 791. The van der Waals surface area contributed by atoms with Crippen molar-refractivity contribution in [2.75, 3.05) is 5.43 Å². The van der Waals surface area contributed by atoms with E-state index in [1.54, 1.807) is 12.1 Å². The van der Waals surface area contributed by atoms with Gasteiger partial charge in [0.05, 0.1) is 27.0 Å². The molecular weight excluding hydrogens is 363 g/mol. The lowest BCUT2D eigenvalue weighted by Crippen LogP contribution is -2.15. The third kappa shape index (κ3) is 3.17. The Labute approximate surface area is 146 Å². The average Bonchev–Trinajstić information content (AvgIpc) is 2.91. The van der Waals surface area contributed by atoms with Gasteiger partial charge in [0.1, 0.15) is 17.6 Å². The van der Waals surface area contributed by atoms with Gasteiger partial charge in [-0.25, -0.2) is 4.79 Å². The molecule has 23 heavy (non-hydrogen) atoms. The average molecular weight is 374 g/mol. The minimum atomic E-state index is -1.05. The number of aromatic carboxylic acids is 1. The fraction of sp³-hybridized carbons (Fsp3) is 0.200. The first-order valence-corrected chi connectivity index (χ1v) is 7.92. The van der Waals surface area contributed by atoms with Gasteiger partial charge in [0.15, 0.2) is 0 Å². The molecule has 1 heterocycles. The maximum absolute atomic E-state index is 11.3. The molecule has 0 amide bonds. The third-order valence-electron chi connectivity index (χ3n) is 3.51. The van der Waals surface area contributed by atoms with Crippen LogP contribution < -0.4 is 5.43 Å². The van der Waals surface area contributed by atoms with Crippen molar-refractivity contribution in [1.82, 2.24) is 0 Å². The Morgan fingerprint density at radius 3 is 2.57 bits per heavy atom. The number of nitrogens with one attached hydrogen (secondary N) is 1. The topological polar surface area (TPSA) is 74.8 Å². The number of aryl methyl sites for hydroxylation is 1. The number of benzene rings is 1. The van der Waals surface area contributed by atoms with E-state index in [4.69, 9.17) is 39.2 Å². The minimum Gasteiger partial charge on any atom is -0.478 e. The summed E-state index contributed by atoms with van der Waals surface area (Å²) >= 11 is 18.1. The van der Waals surface area contributed by atoms with Gasteiger partial charge in [-0.05, 0) is 25.0 Å². The molecule has 2 N–H and O–H groups in total. The Balaban J connectivity index is 1.97. The summed E-state index contributed by atoms with van der Waals surface area (Å²) in [5.41, 5.74) is 4.45. The number of hydrogen-bond donors (Lipinski definition) is 2. The Kier molecular flexibility index (Phi) is 4.53. The highest BCUT2D eigenvalue weighted by atomic mass is 35.5. The van der Waals surface area contributed by atoms with E-state index in [0.29, 0.717) is 50.6 Å². The molecule has 0 bridgehead atoms. The second-order valence-electron chi connectivity index (χ2n) is 5.02. The first-order valence-electron chi connectivity index (χ1n) is 6.78. The summed E-state index contributed by atoms with van der Waals surface area (Å²) in [5, 5.41) is 14.6. The molecule has 8 heteroatoms. The van der Waals surface area contributed by atoms with Crippen LogP contribution in [0.25, 0.3) is 0 Å². The molecular formula is C15H11Cl3N2O3. The Morgan fingerprint density at radius 2 is 1.91 bits per heavy atom. The number of hydrogen-bond acceptors (Lipinski definition) is 4. The van der Waals surface area contributed by atoms with Gasteiger partial charge in [-0.1, -0.05) is 34.8 Å². The molecule has 0 saturated heterocycles. The highest BCUT2D eigenvalue weighted by Gasteiger charge is 2.26. The van der Waals surface area contributed by atoms with Crippen molar-refractivity contribution < 1.29 is 14.3 Å². The number of halogens is 3. The van der Waals surface area contributed by atoms with E-state index in [1.165, 1.54) is 6.26 Å². The predicted molar refractivity (Wildman–Crippen MR) is 90.2 cm³/mol. The monoisotopic (exact) mass is 372 g/mol.